The molecule has 0 fully saturated rings. The molecule has 2 aromatic rings. The fraction of sp³-hybridized carbons (Fsp3) is 0.316. The van der Waals surface area contributed by atoms with Crippen LogP contribution in [0.3, 0.4) is 0 Å². The molecule has 1 amide bonds. The van der Waals surface area contributed by atoms with Crippen molar-refractivity contribution in [1.82, 2.24) is 9.62 Å². The largest absolute Gasteiger partial charge is 0.350 e. The lowest BCUT2D eigenvalue weighted by atomic mass is 10.2. The number of carbonyl (C=O) groups is 1. The summed E-state index contributed by atoms with van der Waals surface area (Å²) in [5.74, 6) is -0.382. The minimum absolute atomic E-state index is 0.0282. The average molecular weight is 395 g/mol. The van der Waals surface area contributed by atoms with E-state index >= 15 is 0 Å². The minimum atomic E-state index is -3.75. The number of nitrogens with one attached hydrogen (secondary N) is 1. The highest BCUT2D eigenvalue weighted by Crippen LogP contribution is 2.23. The fourth-order valence-corrected chi connectivity index (χ4v) is 3.74. The summed E-state index contributed by atoms with van der Waals surface area (Å²) < 4.78 is 27.0. The second-order valence-corrected chi connectivity index (χ2v) is 8.62. The molecule has 2 rings (SSSR count). The molecule has 26 heavy (non-hydrogen) atoms. The van der Waals surface area contributed by atoms with E-state index in [4.69, 9.17) is 11.6 Å². The predicted molar refractivity (Wildman–Crippen MR) is 104 cm³/mol. The molecule has 0 spiro atoms. The molecule has 0 saturated carbocycles. The normalized spacial score (nSPS) is 12.8. The number of nitrogens with zero attached hydrogens (tertiary/aromatic N) is 1. The summed E-state index contributed by atoms with van der Waals surface area (Å²) in [5, 5.41) is 3.02. The molecule has 0 radical (unpaired) electrons. The molecule has 140 valence electrons. The predicted octanol–water partition coefficient (Wildman–Crippen LogP) is 3.69. The van der Waals surface area contributed by atoms with Crippen LogP contribution >= 0.6 is 11.6 Å². The van der Waals surface area contributed by atoms with Crippen LogP contribution in [0.5, 0.6) is 0 Å². The Balaban J connectivity index is 2.29. The third kappa shape index (κ3) is 4.84. The van der Waals surface area contributed by atoms with Gasteiger partial charge in [-0.25, -0.2) is 8.42 Å². The fourth-order valence-electron chi connectivity index (χ4n) is 2.35. The molecule has 0 aliphatic carbocycles. The van der Waals surface area contributed by atoms with Gasteiger partial charge in [0.1, 0.15) is 0 Å². The van der Waals surface area contributed by atoms with Gasteiger partial charge in [0.2, 0.25) is 10.0 Å². The molecule has 1 atom stereocenters. The van der Waals surface area contributed by atoms with E-state index in [-0.39, 0.29) is 34.0 Å². The van der Waals surface area contributed by atoms with Gasteiger partial charge in [0.25, 0.3) is 5.91 Å². The summed E-state index contributed by atoms with van der Waals surface area (Å²) in [5.41, 5.74) is 1.03. The van der Waals surface area contributed by atoms with E-state index in [1.165, 1.54) is 29.6 Å². The quantitative estimate of drug-likeness (QED) is 0.778. The Morgan fingerprint density at radius 2 is 1.85 bits per heavy atom. The van der Waals surface area contributed by atoms with Crippen LogP contribution in [-0.2, 0) is 16.6 Å². The van der Waals surface area contributed by atoms with Crippen LogP contribution in [0.25, 0.3) is 0 Å². The first-order valence-corrected chi connectivity index (χ1v) is 10.2. The molecule has 1 unspecified atom stereocenters. The van der Waals surface area contributed by atoms with Crippen molar-refractivity contribution in [3.05, 3.63) is 64.7 Å². The summed E-state index contributed by atoms with van der Waals surface area (Å²) in [6.07, 6.45) is 0.765. The Labute approximate surface area is 160 Å². The molecule has 0 aromatic heterocycles. The summed E-state index contributed by atoms with van der Waals surface area (Å²) in [6, 6.07) is 13.5. The average Bonchev–Trinajstić information content (AvgIpc) is 2.62. The zero-order valence-electron chi connectivity index (χ0n) is 15.1. The first-order chi connectivity index (χ1) is 12.3. The number of hydrogen-bond acceptors (Lipinski definition) is 3. The van der Waals surface area contributed by atoms with Gasteiger partial charge in [-0.3, -0.25) is 4.79 Å². The van der Waals surface area contributed by atoms with Gasteiger partial charge in [-0.05, 0) is 37.1 Å². The Morgan fingerprint density at radius 1 is 1.19 bits per heavy atom. The van der Waals surface area contributed by atoms with Crippen molar-refractivity contribution in [1.29, 1.82) is 0 Å². The Hall–Kier alpha value is -1.89. The monoisotopic (exact) mass is 394 g/mol. The lowest BCUT2D eigenvalue weighted by molar-refractivity contribution is 0.0939. The van der Waals surface area contributed by atoms with E-state index in [0.29, 0.717) is 0 Å². The smallest absolute Gasteiger partial charge is 0.253 e. The second kappa shape index (κ2) is 8.66. The van der Waals surface area contributed by atoms with Crippen LogP contribution < -0.4 is 5.32 Å². The van der Waals surface area contributed by atoms with Crippen LogP contribution in [-0.4, -0.2) is 31.7 Å². The molecule has 0 aliphatic heterocycles. The van der Waals surface area contributed by atoms with Crippen LogP contribution in [0.4, 0.5) is 0 Å². The Morgan fingerprint density at radius 3 is 2.46 bits per heavy atom. The van der Waals surface area contributed by atoms with Gasteiger partial charge in [0.05, 0.1) is 15.5 Å². The molecular weight excluding hydrogens is 372 g/mol. The highest BCUT2D eigenvalue weighted by molar-refractivity contribution is 7.89. The van der Waals surface area contributed by atoms with Crippen molar-refractivity contribution in [3.63, 3.8) is 0 Å². The summed E-state index contributed by atoms with van der Waals surface area (Å²) in [6.45, 7) is 4.06. The summed E-state index contributed by atoms with van der Waals surface area (Å²) in [4.78, 5) is 12.4. The van der Waals surface area contributed by atoms with E-state index < -0.39 is 10.0 Å². The molecular formula is C19H23ClN2O3S. The van der Waals surface area contributed by atoms with Gasteiger partial charge < -0.3 is 5.32 Å². The van der Waals surface area contributed by atoms with Gasteiger partial charge in [-0.1, -0.05) is 48.9 Å². The molecule has 0 saturated heterocycles. The Kier molecular flexibility index (Phi) is 6.81. The third-order valence-electron chi connectivity index (χ3n) is 4.13. The SMILES string of the molecule is CCC(C)NC(=O)c1cc(S(=O)(=O)N(C)Cc2ccccc2)ccc1Cl. The van der Waals surface area contributed by atoms with Gasteiger partial charge in [0, 0.05) is 19.6 Å². The maximum absolute atomic E-state index is 12.9. The number of halogens is 1. The van der Waals surface area contributed by atoms with Crippen molar-refractivity contribution in [3.8, 4) is 0 Å². The van der Waals surface area contributed by atoms with E-state index in [2.05, 4.69) is 5.32 Å². The topological polar surface area (TPSA) is 66.5 Å². The zero-order chi connectivity index (χ0) is 19.3. The van der Waals surface area contributed by atoms with Crippen molar-refractivity contribution in [2.24, 2.45) is 0 Å². The van der Waals surface area contributed by atoms with E-state index in [0.717, 1.165) is 12.0 Å². The number of rotatable bonds is 7. The first kappa shape index (κ1) is 20.4. The van der Waals surface area contributed by atoms with Crippen LogP contribution in [0.15, 0.2) is 53.4 Å². The van der Waals surface area contributed by atoms with Crippen molar-refractivity contribution in [2.75, 3.05) is 7.05 Å². The maximum atomic E-state index is 12.9. The molecule has 0 bridgehead atoms. The van der Waals surface area contributed by atoms with Gasteiger partial charge >= 0.3 is 0 Å². The number of hydrogen-bond donors (Lipinski definition) is 1. The van der Waals surface area contributed by atoms with Crippen molar-refractivity contribution >= 4 is 27.5 Å². The van der Waals surface area contributed by atoms with Crippen molar-refractivity contribution < 1.29 is 13.2 Å². The number of amides is 1. The number of sulfonamides is 1. The molecule has 7 heteroatoms. The molecule has 5 nitrogen and oxygen atoms in total. The molecule has 0 aliphatic rings. The van der Waals surface area contributed by atoms with Gasteiger partial charge in [0.15, 0.2) is 0 Å². The Bertz CT molecular complexity index is 870. The molecule has 1 N–H and O–H groups in total. The lowest BCUT2D eigenvalue weighted by Gasteiger charge is -2.18. The van der Waals surface area contributed by atoms with Crippen LogP contribution in [0, 0.1) is 0 Å². The van der Waals surface area contributed by atoms with Gasteiger partial charge in [-0.15, -0.1) is 0 Å². The zero-order valence-corrected chi connectivity index (χ0v) is 16.6. The van der Waals surface area contributed by atoms with E-state index in [1.807, 2.05) is 44.2 Å². The van der Waals surface area contributed by atoms with Crippen LogP contribution in [0.2, 0.25) is 5.02 Å². The molecule has 0 heterocycles. The number of carbonyl (C=O) groups excluding carboxylic acids is 1. The standard InChI is InChI=1S/C19H23ClN2O3S/c1-4-14(2)21-19(23)17-12-16(10-11-18(17)20)26(24,25)22(3)13-15-8-6-5-7-9-15/h5-12,14H,4,13H2,1-3H3,(H,21,23). The minimum Gasteiger partial charge on any atom is -0.350 e. The highest BCUT2D eigenvalue weighted by Gasteiger charge is 2.23. The third-order valence-corrected chi connectivity index (χ3v) is 6.26. The van der Waals surface area contributed by atoms with Crippen molar-refractivity contribution in [2.45, 2.75) is 37.8 Å². The second-order valence-electron chi connectivity index (χ2n) is 6.17. The molecule has 2 aromatic carbocycles. The summed E-state index contributed by atoms with van der Waals surface area (Å²) >= 11 is 6.11. The number of benzene rings is 2. The van der Waals surface area contributed by atoms with E-state index in [1.54, 1.807) is 0 Å². The first-order valence-electron chi connectivity index (χ1n) is 8.36. The van der Waals surface area contributed by atoms with Crippen LogP contribution in [0.1, 0.15) is 36.2 Å². The summed E-state index contributed by atoms with van der Waals surface area (Å²) in [7, 11) is -2.24. The highest BCUT2D eigenvalue weighted by atomic mass is 35.5. The van der Waals surface area contributed by atoms with Gasteiger partial charge in [-0.2, -0.15) is 4.31 Å². The lowest BCUT2D eigenvalue weighted by Crippen LogP contribution is -2.32. The maximum Gasteiger partial charge on any atom is 0.253 e. The van der Waals surface area contributed by atoms with E-state index in [9.17, 15) is 13.2 Å².